The van der Waals surface area contributed by atoms with Crippen LogP contribution in [-0.4, -0.2) is 100 Å². The number of rotatable bonds is 9. The summed E-state index contributed by atoms with van der Waals surface area (Å²) < 4.78 is 11.7. The summed E-state index contributed by atoms with van der Waals surface area (Å²) in [6.07, 6.45) is 8.86. The maximum atomic E-state index is 14.2. The molecule has 2 saturated carbocycles. The predicted molar refractivity (Wildman–Crippen MR) is 225 cm³/mol. The van der Waals surface area contributed by atoms with Crippen molar-refractivity contribution in [2.45, 2.75) is 183 Å². The molecule has 13 heteroatoms. The molecule has 0 spiro atoms. The molecule has 5 fully saturated rings. The molecular weight excluding hydrogens is 767 g/mol. The molecule has 3 aliphatic heterocycles. The van der Waals surface area contributed by atoms with E-state index in [1.807, 2.05) is 41.5 Å². The smallest absolute Gasteiger partial charge is 0.307 e. The molecule has 3 saturated heterocycles. The van der Waals surface area contributed by atoms with E-state index in [-0.39, 0.29) is 76.8 Å². The number of esters is 1. The molecule has 0 N–H and O–H groups in total. The van der Waals surface area contributed by atoms with Crippen molar-refractivity contribution < 1.29 is 47.8 Å². The Bertz CT molecular complexity index is 1660. The highest BCUT2D eigenvalue weighted by Crippen LogP contribution is 2.65. The first-order chi connectivity index (χ1) is 27.8. The van der Waals surface area contributed by atoms with Gasteiger partial charge in [-0.25, -0.2) is 9.79 Å². The number of hydrogen-bond donors (Lipinski definition) is 0. The monoisotopic (exact) mass is 840 g/mol. The molecule has 5 aliphatic rings. The summed E-state index contributed by atoms with van der Waals surface area (Å²) in [4.78, 5) is 108. The molecule has 3 amide bonds. The summed E-state index contributed by atoms with van der Waals surface area (Å²) in [5.74, 6) is -2.86. The third-order valence-corrected chi connectivity index (χ3v) is 13.3. The second-order valence-corrected chi connectivity index (χ2v) is 21.7. The number of Topliss-reactive ketones (excluding diaryl/α,β-unsaturated/α-hetero) is 3. The topological polar surface area (TPSA) is 174 Å². The predicted octanol–water partition coefficient (Wildman–Crippen LogP) is 7.00. The maximum Gasteiger partial charge on any atom is 0.307 e. The van der Waals surface area contributed by atoms with E-state index in [4.69, 9.17) is 9.47 Å². The van der Waals surface area contributed by atoms with E-state index in [0.29, 0.717) is 44.8 Å². The molecule has 0 aromatic heterocycles. The number of likely N-dealkylation sites (tertiary alicyclic amines) is 1. The van der Waals surface area contributed by atoms with Gasteiger partial charge >= 0.3 is 5.97 Å². The van der Waals surface area contributed by atoms with Crippen molar-refractivity contribution in [1.82, 2.24) is 9.80 Å². The van der Waals surface area contributed by atoms with Gasteiger partial charge in [0.2, 0.25) is 29.6 Å². The lowest BCUT2D eigenvalue weighted by Crippen LogP contribution is -2.51. The van der Waals surface area contributed by atoms with E-state index >= 15 is 0 Å². The minimum absolute atomic E-state index is 0.00816. The van der Waals surface area contributed by atoms with Crippen LogP contribution < -0.4 is 0 Å². The van der Waals surface area contributed by atoms with Gasteiger partial charge in [-0.2, -0.15) is 0 Å². The zero-order chi connectivity index (χ0) is 45.0. The Hall–Kier alpha value is -3.57. The molecule has 0 aromatic rings. The molecule has 0 aromatic carbocycles. The van der Waals surface area contributed by atoms with Gasteiger partial charge in [0.15, 0.2) is 11.6 Å². The summed E-state index contributed by atoms with van der Waals surface area (Å²) in [5, 5.41) is 0. The number of hydrogen-bond acceptors (Lipinski definition) is 11. The first-order valence-electron chi connectivity index (χ1n) is 22.4. The van der Waals surface area contributed by atoms with Crippen LogP contribution in [-0.2, 0) is 47.8 Å². The molecule has 13 nitrogen and oxygen atoms in total. The van der Waals surface area contributed by atoms with Gasteiger partial charge in [0.05, 0.1) is 37.1 Å². The largest absolute Gasteiger partial charge is 0.460 e. The fourth-order valence-corrected chi connectivity index (χ4v) is 9.28. The fourth-order valence-electron chi connectivity index (χ4n) is 9.28. The van der Waals surface area contributed by atoms with Crippen molar-refractivity contribution in [2.24, 2.45) is 50.8 Å². The number of isocyanates is 1. The second kappa shape index (κ2) is 19.6. The lowest BCUT2D eigenvalue weighted by molar-refractivity contribution is -0.162. The van der Waals surface area contributed by atoms with Crippen LogP contribution in [0.3, 0.4) is 0 Å². The van der Waals surface area contributed by atoms with Crippen LogP contribution in [0.5, 0.6) is 0 Å². The summed E-state index contributed by atoms with van der Waals surface area (Å²) in [6, 6.07) is -1.07. The quantitative estimate of drug-likeness (QED) is 0.0773. The van der Waals surface area contributed by atoms with Crippen LogP contribution in [0.2, 0.25) is 0 Å². The third-order valence-electron chi connectivity index (χ3n) is 13.3. The Morgan fingerprint density at radius 3 is 2.05 bits per heavy atom. The molecule has 7 atom stereocenters. The van der Waals surface area contributed by atoms with Gasteiger partial charge in [0, 0.05) is 44.8 Å². The number of carbonyl (C=O) groups is 7. The highest BCUT2D eigenvalue weighted by molar-refractivity contribution is 6.38. The van der Waals surface area contributed by atoms with Crippen LogP contribution in [0.25, 0.3) is 0 Å². The summed E-state index contributed by atoms with van der Waals surface area (Å²) in [6.45, 7) is 22.1. The number of ether oxygens (including phenoxy) is 2. The van der Waals surface area contributed by atoms with Gasteiger partial charge in [-0.15, -0.1) is 0 Å². The standard InChI is InChI=1S/C33H51NO7.C14H22N2O3/c1-20-23(18-27(37)41-32(2,3)4)31(39)34-19-24-28(33(24,5)6)29(34)25(35)17-22(12-10-8-7-9-11-15-40-20)30(38)26(36)16-21-13-14-21;1-13(2,3)10(15-9-17)8-16-11(18)6-14(4,5)7-12(16)19/h20-24,28-29H,7-19H2,1-6H3;10H,6-8H2,1-5H3/t20-,22+,23-,24-,28-,29+;10-/m01/s1. The molecule has 336 valence electrons. The molecule has 3 heterocycles. The minimum atomic E-state index is -0.772. The van der Waals surface area contributed by atoms with Crippen LogP contribution in [0.1, 0.15) is 160 Å². The Morgan fingerprint density at radius 2 is 1.48 bits per heavy atom. The average molecular weight is 840 g/mol. The maximum absolute atomic E-state index is 14.2. The Kier molecular flexibility index (Phi) is 16.1. The van der Waals surface area contributed by atoms with Crippen molar-refractivity contribution >= 4 is 47.1 Å². The fraction of sp³-hybridized carbons (Fsp3) is 0.830. The van der Waals surface area contributed by atoms with Crippen molar-refractivity contribution in [1.29, 1.82) is 0 Å². The molecule has 5 rings (SSSR count). The second-order valence-electron chi connectivity index (χ2n) is 21.7. The Balaban J connectivity index is 0.000000350. The van der Waals surface area contributed by atoms with Crippen LogP contribution >= 0.6 is 0 Å². The minimum Gasteiger partial charge on any atom is -0.460 e. The number of carbonyl (C=O) groups excluding carboxylic acids is 8. The normalized spacial score (nSPS) is 29.2. The molecule has 0 bridgehead atoms. The van der Waals surface area contributed by atoms with Crippen LogP contribution in [0, 0.1) is 45.8 Å². The van der Waals surface area contributed by atoms with E-state index in [9.17, 15) is 38.4 Å². The number of amides is 3. The van der Waals surface area contributed by atoms with Crippen molar-refractivity contribution in [3.63, 3.8) is 0 Å². The number of piperidine rings is 2. The van der Waals surface area contributed by atoms with E-state index in [0.717, 1.165) is 44.9 Å². The van der Waals surface area contributed by atoms with E-state index < -0.39 is 47.4 Å². The molecule has 60 heavy (non-hydrogen) atoms. The number of ketones is 3. The highest BCUT2D eigenvalue weighted by Gasteiger charge is 2.69. The van der Waals surface area contributed by atoms with Crippen molar-refractivity contribution in [2.75, 3.05) is 19.7 Å². The number of fused-ring (bicyclic) bond motifs is 3. The average Bonchev–Trinajstić information content (AvgIpc) is 3.97. The van der Waals surface area contributed by atoms with Gasteiger partial charge in [0.25, 0.3) is 0 Å². The Labute approximate surface area is 357 Å². The zero-order valence-electron chi connectivity index (χ0n) is 38.4. The Morgan fingerprint density at radius 1 is 0.883 bits per heavy atom. The molecule has 0 unspecified atom stereocenters. The van der Waals surface area contributed by atoms with Gasteiger partial charge in [-0.1, -0.05) is 74.1 Å². The van der Waals surface area contributed by atoms with E-state index in [1.165, 1.54) is 11.0 Å². The van der Waals surface area contributed by atoms with Gasteiger partial charge < -0.3 is 14.4 Å². The first kappa shape index (κ1) is 49.1. The van der Waals surface area contributed by atoms with Crippen molar-refractivity contribution in [3.8, 4) is 0 Å². The van der Waals surface area contributed by atoms with Gasteiger partial charge in [-0.3, -0.25) is 38.5 Å². The van der Waals surface area contributed by atoms with Crippen molar-refractivity contribution in [3.05, 3.63) is 0 Å². The van der Waals surface area contributed by atoms with Crippen LogP contribution in [0.4, 0.5) is 0 Å². The lowest BCUT2D eigenvalue weighted by Gasteiger charge is -2.37. The molecular formula is C47H73N3O10. The first-order valence-corrected chi connectivity index (χ1v) is 22.4. The third kappa shape index (κ3) is 13.2. The highest BCUT2D eigenvalue weighted by atomic mass is 16.6. The van der Waals surface area contributed by atoms with E-state index in [2.05, 4.69) is 18.8 Å². The molecule has 2 aliphatic carbocycles. The van der Waals surface area contributed by atoms with Gasteiger partial charge in [0.1, 0.15) is 5.60 Å². The zero-order valence-corrected chi connectivity index (χ0v) is 38.4. The number of aliphatic imine (C=N–C) groups is 1. The number of imide groups is 1. The van der Waals surface area contributed by atoms with Crippen LogP contribution in [0.15, 0.2) is 4.99 Å². The SMILES string of the molecule is CC1(C)CC(=O)N(C[C@@H](N=C=O)C(C)(C)C)C(=O)C1.C[C@@H]1OCCCCCCC[C@@H](C(=O)C(=O)CC2CC2)CC(=O)[C@@H]2[C@@H]3[C@H](CN2C(=O)[C@H]1CC(=O)OC(C)(C)C)C3(C)C. The summed E-state index contributed by atoms with van der Waals surface area (Å²) in [7, 11) is 0. The van der Waals surface area contributed by atoms with E-state index in [1.54, 1.807) is 25.7 Å². The summed E-state index contributed by atoms with van der Waals surface area (Å²) in [5.41, 5.74) is -1.35. The lowest BCUT2D eigenvalue weighted by atomic mass is 9.80. The summed E-state index contributed by atoms with van der Waals surface area (Å²) >= 11 is 0. The number of nitrogens with zero attached hydrogens (tertiary/aromatic N) is 3. The molecule has 0 radical (unpaired) electrons. The van der Waals surface area contributed by atoms with Gasteiger partial charge in [-0.05, 0) is 87.4 Å².